The van der Waals surface area contributed by atoms with Gasteiger partial charge in [-0.2, -0.15) is 0 Å². The van der Waals surface area contributed by atoms with Gasteiger partial charge in [-0.05, 0) is 32.3 Å². The third-order valence-electron chi connectivity index (χ3n) is 3.55. The van der Waals surface area contributed by atoms with Gasteiger partial charge in [-0.15, -0.1) is 0 Å². The van der Waals surface area contributed by atoms with Gasteiger partial charge < -0.3 is 10.1 Å². The van der Waals surface area contributed by atoms with Gasteiger partial charge in [0.25, 0.3) is 5.69 Å². The van der Waals surface area contributed by atoms with E-state index < -0.39 is 0 Å². The molecule has 1 aliphatic heterocycles. The Bertz CT molecular complexity index is 462. The van der Waals surface area contributed by atoms with E-state index in [1.165, 1.54) is 0 Å². The summed E-state index contributed by atoms with van der Waals surface area (Å²) in [4.78, 5) is 10.6. The molecule has 0 bridgehead atoms. The number of nitro groups is 1. The van der Waals surface area contributed by atoms with E-state index in [2.05, 4.69) is 12.2 Å². The molecule has 5 nitrogen and oxygen atoms in total. The SMILES string of the molecule is Cc1ccc(CNC2CCOC(C)C2)cc1[N+](=O)[O-]. The first kappa shape index (κ1) is 14.0. The average molecular weight is 264 g/mol. The van der Waals surface area contributed by atoms with E-state index in [0.717, 1.165) is 25.0 Å². The Kier molecular flexibility index (Phi) is 4.50. The summed E-state index contributed by atoms with van der Waals surface area (Å²) in [6.07, 6.45) is 2.28. The molecule has 104 valence electrons. The van der Waals surface area contributed by atoms with Gasteiger partial charge in [-0.3, -0.25) is 10.1 Å². The Balaban J connectivity index is 1.96. The molecule has 1 aliphatic rings. The van der Waals surface area contributed by atoms with E-state index in [1.807, 2.05) is 12.1 Å². The van der Waals surface area contributed by atoms with Gasteiger partial charge in [0, 0.05) is 30.8 Å². The van der Waals surface area contributed by atoms with Gasteiger partial charge in [0.1, 0.15) is 0 Å². The first-order chi connectivity index (χ1) is 9.06. The number of benzene rings is 1. The van der Waals surface area contributed by atoms with Crippen LogP contribution in [-0.2, 0) is 11.3 Å². The van der Waals surface area contributed by atoms with Gasteiger partial charge in [0.2, 0.25) is 0 Å². The zero-order valence-electron chi connectivity index (χ0n) is 11.4. The smallest absolute Gasteiger partial charge is 0.272 e. The maximum Gasteiger partial charge on any atom is 0.272 e. The zero-order valence-corrected chi connectivity index (χ0v) is 11.4. The van der Waals surface area contributed by atoms with Crippen LogP contribution in [0.2, 0.25) is 0 Å². The molecule has 1 heterocycles. The first-order valence-electron chi connectivity index (χ1n) is 6.65. The van der Waals surface area contributed by atoms with Crippen molar-refractivity contribution in [3.05, 3.63) is 39.4 Å². The second kappa shape index (κ2) is 6.12. The second-order valence-electron chi connectivity index (χ2n) is 5.16. The highest BCUT2D eigenvalue weighted by Crippen LogP contribution is 2.20. The Hall–Kier alpha value is -1.46. The molecule has 0 saturated carbocycles. The molecule has 1 aromatic carbocycles. The third kappa shape index (κ3) is 3.75. The van der Waals surface area contributed by atoms with Crippen LogP contribution in [-0.4, -0.2) is 23.7 Å². The highest BCUT2D eigenvalue weighted by Gasteiger charge is 2.19. The van der Waals surface area contributed by atoms with Crippen molar-refractivity contribution >= 4 is 5.69 Å². The van der Waals surface area contributed by atoms with Crippen molar-refractivity contribution in [1.82, 2.24) is 5.32 Å². The normalized spacial score (nSPS) is 23.3. The monoisotopic (exact) mass is 264 g/mol. The van der Waals surface area contributed by atoms with Gasteiger partial charge in [0.15, 0.2) is 0 Å². The summed E-state index contributed by atoms with van der Waals surface area (Å²) in [5.74, 6) is 0. The summed E-state index contributed by atoms with van der Waals surface area (Å²) in [7, 11) is 0. The summed E-state index contributed by atoms with van der Waals surface area (Å²) < 4.78 is 5.50. The number of nitrogens with zero attached hydrogens (tertiary/aromatic N) is 1. The lowest BCUT2D eigenvalue weighted by atomic mass is 10.0. The molecule has 2 atom stereocenters. The molecule has 2 rings (SSSR count). The molecule has 1 N–H and O–H groups in total. The van der Waals surface area contributed by atoms with Crippen molar-refractivity contribution in [2.45, 2.75) is 45.4 Å². The van der Waals surface area contributed by atoms with Crippen molar-refractivity contribution in [1.29, 1.82) is 0 Å². The van der Waals surface area contributed by atoms with Gasteiger partial charge >= 0.3 is 0 Å². The molecule has 5 heteroatoms. The minimum Gasteiger partial charge on any atom is -0.378 e. The van der Waals surface area contributed by atoms with E-state index >= 15 is 0 Å². The van der Waals surface area contributed by atoms with Crippen molar-refractivity contribution in [2.75, 3.05) is 6.61 Å². The molecular formula is C14H20N2O3. The summed E-state index contributed by atoms with van der Waals surface area (Å²) in [6, 6.07) is 5.84. The lowest BCUT2D eigenvalue weighted by molar-refractivity contribution is -0.385. The molecule has 0 radical (unpaired) electrons. The number of nitro benzene ring substituents is 1. The van der Waals surface area contributed by atoms with Crippen LogP contribution in [0, 0.1) is 17.0 Å². The van der Waals surface area contributed by atoms with Crippen molar-refractivity contribution in [3.63, 3.8) is 0 Å². The fourth-order valence-electron chi connectivity index (χ4n) is 2.41. The fraction of sp³-hybridized carbons (Fsp3) is 0.571. The number of rotatable bonds is 4. The number of ether oxygens (including phenoxy) is 1. The maximum absolute atomic E-state index is 10.9. The van der Waals surface area contributed by atoms with Crippen LogP contribution in [0.15, 0.2) is 18.2 Å². The van der Waals surface area contributed by atoms with E-state index in [1.54, 1.807) is 13.0 Å². The number of aryl methyl sites for hydroxylation is 1. The van der Waals surface area contributed by atoms with Gasteiger partial charge in [-0.25, -0.2) is 0 Å². The standard InChI is InChI=1S/C14H20N2O3/c1-10-3-4-12(8-14(10)16(17)18)9-15-13-5-6-19-11(2)7-13/h3-4,8,11,13,15H,5-7,9H2,1-2H3. The van der Waals surface area contributed by atoms with E-state index in [0.29, 0.717) is 24.3 Å². The Morgan fingerprint density at radius 2 is 2.32 bits per heavy atom. The number of hydrogen-bond acceptors (Lipinski definition) is 4. The maximum atomic E-state index is 10.9. The molecule has 1 fully saturated rings. The quantitative estimate of drug-likeness (QED) is 0.670. The highest BCUT2D eigenvalue weighted by atomic mass is 16.6. The largest absolute Gasteiger partial charge is 0.378 e. The van der Waals surface area contributed by atoms with E-state index in [9.17, 15) is 10.1 Å². The van der Waals surface area contributed by atoms with Crippen molar-refractivity contribution in [2.24, 2.45) is 0 Å². The van der Waals surface area contributed by atoms with Gasteiger partial charge in [-0.1, -0.05) is 12.1 Å². The predicted octanol–water partition coefficient (Wildman–Crippen LogP) is 2.56. The van der Waals surface area contributed by atoms with Crippen LogP contribution >= 0.6 is 0 Å². The minimum absolute atomic E-state index is 0.194. The summed E-state index contributed by atoms with van der Waals surface area (Å²) in [5, 5.41) is 14.3. The van der Waals surface area contributed by atoms with Crippen LogP contribution in [0.25, 0.3) is 0 Å². The lowest BCUT2D eigenvalue weighted by Crippen LogP contribution is -2.37. The minimum atomic E-state index is -0.324. The van der Waals surface area contributed by atoms with Gasteiger partial charge in [0.05, 0.1) is 11.0 Å². The Morgan fingerprint density at radius 3 is 3.00 bits per heavy atom. The lowest BCUT2D eigenvalue weighted by Gasteiger charge is -2.28. The van der Waals surface area contributed by atoms with Crippen molar-refractivity contribution in [3.8, 4) is 0 Å². The Labute approximate surface area is 113 Å². The molecule has 0 amide bonds. The van der Waals surface area contributed by atoms with Crippen molar-refractivity contribution < 1.29 is 9.66 Å². The predicted molar refractivity (Wildman–Crippen MR) is 73.1 cm³/mol. The molecule has 1 aromatic rings. The average Bonchev–Trinajstić information content (AvgIpc) is 2.37. The zero-order chi connectivity index (χ0) is 13.8. The first-order valence-corrected chi connectivity index (χ1v) is 6.65. The molecule has 1 saturated heterocycles. The van der Waals surface area contributed by atoms with Crippen LogP contribution in [0.1, 0.15) is 30.9 Å². The molecule has 0 spiro atoms. The fourth-order valence-corrected chi connectivity index (χ4v) is 2.41. The van der Waals surface area contributed by atoms with Crippen LogP contribution in [0.4, 0.5) is 5.69 Å². The molecule has 0 aliphatic carbocycles. The molecule has 2 unspecified atom stereocenters. The van der Waals surface area contributed by atoms with Crippen LogP contribution < -0.4 is 5.32 Å². The topological polar surface area (TPSA) is 64.4 Å². The third-order valence-corrected chi connectivity index (χ3v) is 3.55. The summed E-state index contributed by atoms with van der Waals surface area (Å²) in [5.41, 5.74) is 1.85. The number of nitrogens with one attached hydrogen (secondary N) is 1. The Morgan fingerprint density at radius 1 is 1.53 bits per heavy atom. The highest BCUT2D eigenvalue weighted by molar-refractivity contribution is 5.42. The summed E-state index contributed by atoms with van der Waals surface area (Å²) in [6.45, 7) is 5.28. The van der Waals surface area contributed by atoms with E-state index in [-0.39, 0.29) is 10.6 Å². The molecule has 19 heavy (non-hydrogen) atoms. The van der Waals surface area contributed by atoms with E-state index in [4.69, 9.17) is 4.74 Å². The summed E-state index contributed by atoms with van der Waals surface area (Å²) >= 11 is 0. The molecule has 0 aromatic heterocycles. The second-order valence-corrected chi connectivity index (χ2v) is 5.16. The van der Waals surface area contributed by atoms with Crippen LogP contribution in [0.5, 0.6) is 0 Å². The number of hydrogen-bond donors (Lipinski definition) is 1. The van der Waals surface area contributed by atoms with Crippen LogP contribution in [0.3, 0.4) is 0 Å². The molecular weight excluding hydrogens is 244 g/mol.